The summed E-state index contributed by atoms with van der Waals surface area (Å²) in [5.74, 6) is -0.103. The lowest BCUT2D eigenvalue weighted by atomic mass is 9.95. The molecule has 0 saturated carbocycles. The van der Waals surface area contributed by atoms with Crippen LogP contribution < -0.4 is 0 Å². The van der Waals surface area contributed by atoms with E-state index in [0.717, 1.165) is 0 Å². The number of benzene rings is 1. The number of aliphatic hydroxyl groups excluding tert-OH is 2. The lowest BCUT2D eigenvalue weighted by Crippen LogP contribution is -2.19. The number of rotatable bonds is 3. The van der Waals surface area contributed by atoms with Crippen molar-refractivity contribution in [2.24, 2.45) is 0 Å². The topological polar surface area (TPSA) is 60.7 Å². The molecule has 1 rings (SSSR count). The lowest BCUT2D eigenvalue weighted by molar-refractivity contribution is 0.0766. The first-order chi connectivity index (χ1) is 6.16. The molecule has 0 bridgehead atoms. The molecule has 1 aromatic rings. The van der Waals surface area contributed by atoms with E-state index in [1.54, 1.807) is 31.2 Å². The second-order valence-electron chi connectivity index (χ2n) is 3.10. The molecular formula is C10H14O3. The molecule has 0 spiro atoms. The van der Waals surface area contributed by atoms with E-state index in [9.17, 15) is 10.2 Å². The van der Waals surface area contributed by atoms with Gasteiger partial charge in [-0.15, -0.1) is 0 Å². The van der Waals surface area contributed by atoms with Crippen molar-refractivity contribution in [2.45, 2.75) is 18.9 Å². The van der Waals surface area contributed by atoms with Crippen LogP contribution in [0.3, 0.4) is 0 Å². The first kappa shape index (κ1) is 10.0. The average molecular weight is 182 g/mol. The zero-order chi connectivity index (χ0) is 9.84. The Hall–Kier alpha value is -1.06. The fourth-order valence-electron chi connectivity index (χ4n) is 1.24. The van der Waals surface area contributed by atoms with Crippen LogP contribution in [0.1, 0.15) is 18.4 Å². The number of phenols is 1. The van der Waals surface area contributed by atoms with Crippen LogP contribution in [0.25, 0.3) is 0 Å². The third kappa shape index (κ3) is 2.20. The summed E-state index contributed by atoms with van der Waals surface area (Å²) in [6.07, 6.45) is -0.826. The molecule has 0 aliphatic carbocycles. The molecule has 3 N–H and O–H groups in total. The molecule has 0 amide bonds. The van der Waals surface area contributed by atoms with E-state index < -0.39 is 6.10 Å². The maximum Gasteiger partial charge on any atom is 0.119 e. The van der Waals surface area contributed by atoms with Crippen LogP contribution in [-0.4, -0.2) is 28.0 Å². The fourth-order valence-corrected chi connectivity index (χ4v) is 1.24. The molecule has 13 heavy (non-hydrogen) atoms. The highest BCUT2D eigenvalue weighted by Gasteiger charge is 2.17. The van der Waals surface area contributed by atoms with Crippen LogP contribution in [0, 0.1) is 0 Å². The van der Waals surface area contributed by atoms with E-state index in [2.05, 4.69) is 0 Å². The van der Waals surface area contributed by atoms with Crippen LogP contribution in [0.2, 0.25) is 0 Å². The monoisotopic (exact) mass is 182 g/mol. The lowest BCUT2D eigenvalue weighted by Gasteiger charge is -2.17. The summed E-state index contributed by atoms with van der Waals surface area (Å²) in [5, 5.41) is 27.5. The van der Waals surface area contributed by atoms with Crippen molar-refractivity contribution in [3.8, 4) is 5.75 Å². The highest BCUT2D eigenvalue weighted by atomic mass is 16.3. The third-order valence-corrected chi connectivity index (χ3v) is 2.19. The normalized spacial score (nSPS) is 15.3. The minimum absolute atomic E-state index is 0.155. The number of phenolic OH excluding ortho intramolecular Hbond substituents is 1. The van der Waals surface area contributed by atoms with Crippen molar-refractivity contribution < 1.29 is 15.3 Å². The van der Waals surface area contributed by atoms with Gasteiger partial charge in [0, 0.05) is 5.92 Å². The van der Waals surface area contributed by atoms with Gasteiger partial charge in [-0.05, 0) is 11.6 Å². The van der Waals surface area contributed by atoms with Crippen molar-refractivity contribution in [1.29, 1.82) is 0 Å². The third-order valence-electron chi connectivity index (χ3n) is 2.19. The van der Waals surface area contributed by atoms with Crippen molar-refractivity contribution >= 4 is 0 Å². The van der Waals surface area contributed by atoms with Crippen LogP contribution in [-0.2, 0) is 0 Å². The van der Waals surface area contributed by atoms with Gasteiger partial charge in [-0.3, -0.25) is 0 Å². The van der Waals surface area contributed by atoms with E-state index in [4.69, 9.17) is 5.11 Å². The van der Waals surface area contributed by atoms with Crippen molar-refractivity contribution in [1.82, 2.24) is 0 Å². The highest BCUT2D eigenvalue weighted by Crippen LogP contribution is 2.27. The molecule has 0 saturated heterocycles. The summed E-state index contributed by atoms with van der Waals surface area (Å²) in [4.78, 5) is 0. The Labute approximate surface area is 77.3 Å². The molecule has 0 aliphatic heterocycles. The molecule has 0 heterocycles. The molecule has 1 aromatic carbocycles. The van der Waals surface area contributed by atoms with Crippen LogP contribution in [0.5, 0.6) is 5.75 Å². The Balaban J connectivity index is 2.88. The summed E-state index contributed by atoms with van der Waals surface area (Å²) < 4.78 is 0. The fraction of sp³-hybridized carbons (Fsp3) is 0.400. The molecule has 0 aliphatic rings. The summed E-state index contributed by atoms with van der Waals surface area (Å²) in [6.45, 7) is 1.46. The van der Waals surface area contributed by atoms with E-state index >= 15 is 0 Å². The number of aromatic hydroxyl groups is 1. The second kappa shape index (κ2) is 4.25. The van der Waals surface area contributed by atoms with Gasteiger partial charge in [-0.2, -0.15) is 0 Å². The van der Waals surface area contributed by atoms with Gasteiger partial charge < -0.3 is 15.3 Å². The Kier molecular flexibility index (Phi) is 3.28. The summed E-state index contributed by atoms with van der Waals surface area (Å²) in [7, 11) is 0. The number of para-hydroxylation sites is 1. The van der Waals surface area contributed by atoms with Gasteiger partial charge in [0.05, 0.1) is 12.7 Å². The van der Waals surface area contributed by atoms with Crippen LogP contribution in [0.15, 0.2) is 24.3 Å². The van der Waals surface area contributed by atoms with Crippen molar-refractivity contribution in [3.05, 3.63) is 29.8 Å². The van der Waals surface area contributed by atoms with Gasteiger partial charge in [-0.1, -0.05) is 25.1 Å². The smallest absolute Gasteiger partial charge is 0.119 e. The van der Waals surface area contributed by atoms with E-state index in [1.165, 1.54) is 0 Å². The van der Waals surface area contributed by atoms with Gasteiger partial charge in [-0.25, -0.2) is 0 Å². The van der Waals surface area contributed by atoms with Gasteiger partial charge in [0.15, 0.2) is 0 Å². The Morgan fingerprint density at radius 3 is 2.46 bits per heavy atom. The molecule has 2 unspecified atom stereocenters. The van der Waals surface area contributed by atoms with E-state index in [1.807, 2.05) is 0 Å². The summed E-state index contributed by atoms with van der Waals surface area (Å²) in [5.41, 5.74) is 0.657. The minimum atomic E-state index is -0.826. The predicted molar refractivity (Wildman–Crippen MR) is 49.6 cm³/mol. The first-order valence-corrected chi connectivity index (χ1v) is 4.23. The van der Waals surface area contributed by atoms with Gasteiger partial charge in [0.2, 0.25) is 0 Å². The minimum Gasteiger partial charge on any atom is -0.508 e. The number of hydrogen-bond donors (Lipinski definition) is 3. The van der Waals surface area contributed by atoms with Crippen molar-refractivity contribution in [3.63, 3.8) is 0 Å². The molecule has 72 valence electrons. The maximum atomic E-state index is 9.43. The Bertz CT molecular complexity index is 273. The summed E-state index contributed by atoms with van der Waals surface area (Å²) in [6, 6.07) is 6.81. The largest absolute Gasteiger partial charge is 0.508 e. The first-order valence-electron chi connectivity index (χ1n) is 4.23. The predicted octanol–water partition coefficient (Wildman–Crippen LogP) is 0.849. The standard InChI is InChI=1S/C10H14O3/c1-7(10(13)6-11)8-4-2-3-5-9(8)12/h2-5,7,10-13H,6H2,1H3. The Morgan fingerprint density at radius 2 is 1.92 bits per heavy atom. The van der Waals surface area contributed by atoms with Gasteiger partial charge >= 0.3 is 0 Å². The highest BCUT2D eigenvalue weighted by molar-refractivity contribution is 5.35. The molecule has 3 heteroatoms. The molecular weight excluding hydrogens is 168 g/mol. The quantitative estimate of drug-likeness (QED) is 0.649. The van der Waals surface area contributed by atoms with E-state index in [0.29, 0.717) is 5.56 Å². The SMILES string of the molecule is CC(c1ccccc1O)C(O)CO. The zero-order valence-electron chi connectivity index (χ0n) is 7.51. The van der Waals surface area contributed by atoms with Crippen molar-refractivity contribution in [2.75, 3.05) is 6.61 Å². The molecule has 3 nitrogen and oxygen atoms in total. The number of aliphatic hydroxyl groups is 2. The second-order valence-corrected chi connectivity index (χ2v) is 3.10. The van der Waals surface area contributed by atoms with E-state index in [-0.39, 0.29) is 18.3 Å². The van der Waals surface area contributed by atoms with Crippen LogP contribution >= 0.6 is 0 Å². The number of hydrogen-bond acceptors (Lipinski definition) is 3. The van der Waals surface area contributed by atoms with Gasteiger partial charge in [0.25, 0.3) is 0 Å². The van der Waals surface area contributed by atoms with Crippen LogP contribution in [0.4, 0.5) is 0 Å². The zero-order valence-corrected chi connectivity index (χ0v) is 7.51. The molecule has 0 aromatic heterocycles. The molecule has 0 fully saturated rings. The Morgan fingerprint density at radius 1 is 1.31 bits per heavy atom. The molecule has 2 atom stereocenters. The maximum absolute atomic E-state index is 9.43. The average Bonchev–Trinajstić information content (AvgIpc) is 2.16. The molecule has 0 radical (unpaired) electrons. The summed E-state index contributed by atoms with van der Waals surface area (Å²) >= 11 is 0. The van der Waals surface area contributed by atoms with Gasteiger partial charge in [0.1, 0.15) is 5.75 Å².